The van der Waals surface area contributed by atoms with E-state index in [-0.39, 0.29) is 5.91 Å². The van der Waals surface area contributed by atoms with Gasteiger partial charge >= 0.3 is 0 Å². The van der Waals surface area contributed by atoms with E-state index in [1.807, 2.05) is 12.1 Å². The molecule has 0 unspecified atom stereocenters. The van der Waals surface area contributed by atoms with E-state index in [2.05, 4.69) is 22.3 Å². The van der Waals surface area contributed by atoms with E-state index in [1.54, 1.807) is 0 Å². The third-order valence-electron chi connectivity index (χ3n) is 4.50. The number of benzene rings is 1. The third kappa shape index (κ3) is 2.88. The van der Waals surface area contributed by atoms with Gasteiger partial charge in [0.25, 0.3) is 0 Å². The topological polar surface area (TPSA) is 58.4 Å². The highest BCUT2D eigenvalue weighted by Crippen LogP contribution is 2.46. The molecule has 21 heavy (non-hydrogen) atoms. The van der Waals surface area contributed by atoms with Gasteiger partial charge in [-0.05, 0) is 56.4 Å². The molecule has 0 radical (unpaired) electrons. The van der Waals surface area contributed by atoms with Crippen LogP contribution in [0.3, 0.4) is 0 Å². The predicted molar refractivity (Wildman–Crippen MR) is 89.6 cm³/mol. The molecule has 4 nitrogen and oxygen atoms in total. The second-order valence-electron chi connectivity index (χ2n) is 6.00. The lowest BCUT2D eigenvalue weighted by atomic mass is 10.1. The molecule has 0 aromatic heterocycles. The van der Waals surface area contributed by atoms with Crippen molar-refractivity contribution in [1.82, 2.24) is 0 Å². The van der Waals surface area contributed by atoms with Crippen molar-refractivity contribution in [3.05, 3.63) is 24.3 Å². The fourth-order valence-electron chi connectivity index (χ4n) is 2.87. The number of nitrogens with one attached hydrogen (secondary N) is 1. The van der Waals surface area contributed by atoms with E-state index in [0.717, 1.165) is 31.6 Å². The zero-order chi connectivity index (χ0) is 14.9. The number of nitrogens with two attached hydrogens (primary N) is 1. The molecule has 1 saturated carbocycles. The average Bonchev–Trinajstić information content (AvgIpc) is 3.31. The molecule has 5 heteroatoms. The van der Waals surface area contributed by atoms with Crippen LogP contribution in [0.25, 0.3) is 0 Å². The molecule has 3 N–H and O–H groups in total. The predicted octanol–water partition coefficient (Wildman–Crippen LogP) is 2.68. The Bertz CT molecular complexity index is 545. The van der Waals surface area contributed by atoms with Gasteiger partial charge in [-0.1, -0.05) is 12.2 Å². The molecular formula is C16H21N3OS. The maximum Gasteiger partial charge on any atom is 0.237 e. The second kappa shape index (κ2) is 5.64. The Labute approximate surface area is 130 Å². The Morgan fingerprint density at radius 3 is 2.29 bits per heavy atom. The summed E-state index contributed by atoms with van der Waals surface area (Å²) in [6, 6.07) is 8.05. The van der Waals surface area contributed by atoms with Gasteiger partial charge in [0.05, 0.1) is 10.4 Å². The number of carbonyl (C=O) groups is 1. The molecule has 1 aliphatic carbocycles. The summed E-state index contributed by atoms with van der Waals surface area (Å²) >= 11 is 5.00. The van der Waals surface area contributed by atoms with E-state index in [0.29, 0.717) is 4.99 Å². The molecule has 1 aliphatic heterocycles. The molecule has 2 fully saturated rings. The van der Waals surface area contributed by atoms with Crippen molar-refractivity contribution < 1.29 is 4.79 Å². The minimum atomic E-state index is -0.596. The van der Waals surface area contributed by atoms with Gasteiger partial charge in [-0.25, -0.2) is 0 Å². The number of hydrogen-bond donors (Lipinski definition) is 2. The van der Waals surface area contributed by atoms with Crippen molar-refractivity contribution in [3.8, 4) is 0 Å². The van der Waals surface area contributed by atoms with Crippen LogP contribution in [-0.2, 0) is 4.79 Å². The lowest BCUT2D eigenvalue weighted by molar-refractivity contribution is -0.118. The zero-order valence-electron chi connectivity index (χ0n) is 12.1. The molecular weight excluding hydrogens is 282 g/mol. The Morgan fingerprint density at radius 1 is 1.14 bits per heavy atom. The first-order chi connectivity index (χ1) is 10.1. The first-order valence-electron chi connectivity index (χ1n) is 7.58. The summed E-state index contributed by atoms with van der Waals surface area (Å²) in [4.78, 5) is 14.9. The third-order valence-corrected chi connectivity index (χ3v) is 4.89. The summed E-state index contributed by atoms with van der Waals surface area (Å²) in [6.45, 7) is 2.24. The van der Waals surface area contributed by atoms with Gasteiger partial charge in [0.2, 0.25) is 5.91 Å². The number of nitrogens with zero attached hydrogens (tertiary/aromatic N) is 1. The number of rotatable bonds is 4. The number of hydrogen-bond acceptors (Lipinski definition) is 3. The van der Waals surface area contributed by atoms with Gasteiger partial charge in [0, 0.05) is 24.5 Å². The standard InChI is InChI=1S/C16H21N3OS/c17-14(21)16(8-9-16)15(20)18-12-4-6-13(7-5-12)19-10-2-1-3-11-19/h4-7H,1-3,8-11H2,(H2,17,21)(H,18,20). The molecule has 1 aromatic carbocycles. The van der Waals surface area contributed by atoms with Crippen LogP contribution in [0.2, 0.25) is 0 Å². The first-order valence-corrected chi connectivity index (χ1v) is 7.99. The van der Waals surface area contributed by atoms with Gasteiger partial charge in [0.1, 0.15) is 0 Å². The molecule has 2 aliphatic rings. The molecule has 1 amide bonds. The number of piperidine rings is 1. The highest BCUT2D eigenvalue weighted by atomic mass is 32.1. The summed E-state index contributed by atoms with van der Waals surface area (Å²) in [6.07, 6.45) is 5.37. The minimum Gasteiger partial charge on any atom is -0.392 e. The minimum absolute atomic E-state index is 0.0688. The SMILES string of the molecule is NC(=S)C1(C(=O)Nc2ccc(N3CCCCC3)cc2)CC1. The van der Waals surface area contributed by atoms with Crippen LogP contribution in [-0.4, -0.2) is 24.0 Å². The van der Waals surface area contributed by atoms with Crippen molar-refractivity contribution in [3.63, 3.8) is 0 Å². The average molecular weight is 303 g/mol. The van der Waals surface area contributed by atoms with Crippen LogP contribution in [0.4, 0.5) is 11.4 Å². The summed E-state index contributed by atoms with van der Waals surface area (Å²) in [5, 5.41) is 2.93. The lowest BCUT2D eigenvalue weighted by Gasteiger charge is -2.28. The molecule has 0 spiro atoms. The van der Waals surface area contributed by atoms with Crippen molar-refractivity contribution in [2.45, 2.75) is 32.1 Å². The van der Waals surface area contributed by atoms with E-state index in [4.69, 9.17) is 18.0 Å². The Morgan fingerprint density at radius 2 is 1.76 bits per heavy atom. The Hall–Kier alpha value is -1.62. The number of carbonyl (C=O) groups excluding carboxylic acids is 1. The fraction of sp³-hybridized carbons (Fsp3) is 0.500. The lowest BCUT2D eigenvalue weighted by Crippen LogP contribution is -2.35. The van der Waals surface area contributed by atoms with Crippen LogP contribution in [0, 0.1) is 5.41 Å². The van der Waals surface area contributed by atoms with Crippen molar-refractivity contribution in [2.24, 2.45) is 11.1 Å². The first kappa shape index (κ1) is 14.3. The van der Waals surface area contributed by atoms with Crippen molar-refractivity contribution in [1.29, 1.82) is 0 Å². The van der Waals surface area contributed by atoms with Crippen LogP contribution in [0.15, 0.2) is 24.3 Å². The number of amides is 1. The smallest absolute Gasteiger partial charge is 0.237 e. The largest absolute Gasteiger partial charge is 0.392 e. The highest BCUT2D eigenvalue weighted by molar-refractivity contribution is 7.80. The van der Waals surface area contributed by atoms with E-state index in [1.165, 1.54) is 24.9 Å². The van der Waals surface area contributed by atoms with Crippen molar-refractivity contribution >= 4 is 34.5 Å². The summed E-state index contributed by atoms with van der Waals surface area (Å²) in [5.74, 6) is -0.0688. The monoisotopic (exact) mass is 303 g/mol. The van der Waals surface area contributed by atoms with Crippen molar-refractivity contribution in [2.75, 3.05) is 23.3 Å². The Balaban J connectivity index is 1.64. The maximum atomic E-state index is 12.2. The molecule has 1 saturated heterocycles. The summed E-state index contributed by atoms with van der Waals surface area (Å²) in [5.41, 5.74) is 7.11. The van der Waals surface area contributed by atoms with Gasteiger partial charge in [-0.2, -0.15) is 0 Å². The normalized spacial score (nSPS) is 19.9. The quantitative estimate of drug-likeness (QED) is 0.840. The van der Waals surface area contributed by atoms with Gasteiger partial charge in [0.15, 0.2) is 0 Å². The van der Waals surface area contributed by atoms with Crippen LogP contribution >= 0.6 is 12.2 Å². The number of thiocarbonyl (C=S) groups is 1. The van der Waals surface area contributed by atoms with Gasteiger partial charge in [-0.3, -0.25) is 4.79 Å². The Kier molecular flexibility index (Phi) is 3.85. The van der Waals surface area contributed by atoms with E-state index < -0.39 is 5.41 Å². The van der Waals surface area contributed by atoms with Gasteiger partial charge < -0.3 is 16.0 Å². The summed E-state index contributed by atoms with van der Waals surface area (Å²) < 4.78 is 0. The fourth-order valence-corrected chi connectivity index (χ4v) is 3.17. The molecule has 3 rings (SSSR count). The van der Waals surface area contributed by atoms with E-state index in [9.17, 15) is 4.79 Å². The van der Waals surface area contributed by atoms with Crippen LogP contribution < -0.4 is 16.0 Å². The zero-order valence-corrected chi connectivity index (χ0v) is 12.9. The maximum absolute atomic E-state index is 12.2. The van der Waals surface area contributed by atoms with Gasteiger partial charge in [-0.15, -0.1) is 0 Å². The summed E-state index contributed by atoms with van der Waals surface area (Å²) in [7, 11) is 0. The van der Waals surface area contributed by atoms with E-state index >= 15 is 0 Å². The highest BCUT2D eigenvalue weighted by Gasteiger charge is 2.52. The molecule has 0 bridgehead atoms. The molecule has 1 aromatic rings. The van der Waals surface area contributed by atoms with Crippen LogP contribution in [0.5, 0.6) is 0 Å². The second-order valence-corrected chi connectivity index (χ2v) is 6.43. The molecule has 112 valence electrons. The number of anilines is 2. The van der Waals surface area contributed by atoms with Crippen LogP contribution in [0.1, 0.15) is 32.1 Å². The molecule has 0 atom stereocenters. The molecule has 1 heterocycles.